The fraction of sp³-hybridized carbons (Fsp3) is 0.0714. The average molecular weight is 332 g/mol. The molecule has 0 aliphatic rings. The molecular weight excluding hydrogens is 323 g/mol. The molecule has 0 saturated carbocycles. The Morgan fingerprint density at radius 1 is 1.05 bits per heavy atom. The van der Waals surface area contributed by atoms with Crippen molar-refractivity contribution in [3.05, 3.63) is 62.6 Å². The van der Waals surface area contributed by atoms with Gasteiger partial charge in [-0.25, -0.2) is 4.79 Å². The molecule has 3 nitrogen and oxygen atoms in total. The summed E-state index contributed by atoms with van der Waals surface area (Å²) in [6, 6.07) is 9.33. The summed E-state index contributed by atoms with van der Waals surface area (Å²) in [7, 11) is 0. The van der Waals surface area contributed by atoms with E-state index in [0.29, 0.717) is 26.4 Å². The fourth-order valence-corrected chi connectivity index (χ4v) is 2.31. The van der Waals surface area contributed by atoms with Crippen LogP contribution in [0, 0.1) is 0 Å². The summed E-state index contributed by atoms with van der Waals surface area (Å²) in [5.74, 6) is -0.512. The van der Waals surface area contributed by atoms with E-state index in [-0.39, 0.29) is 12.2 Å². The van der Waals surface area contributed by atoms with Crippen LogP contribution in [0.4, 0.5) is 0 Å². The first kappa shape index (κ1) is 15.0. The molecule has 0 heterocycles. The van der Waals surface area contributed by atoms with E-state index in [2.05, 4.69) is 0 Å². The molecule has 0 aromatic heterocycles. The van der Waals surface area contributed by atoms with Gasteiger partial charge in [-0.2, -0.15) is 0 Å². The average Bonchev–Trinajstić information content (AvgIpc) is 2.36. The molecule has 0 aliphatic heterocycles. The van der Waals surface area contributed by atoms with E-state index in [1.54, 1.807) is 24.3 Å². The Labute approximate surface area is 130 Å². The summed E-state index contributed by atoms with van der Waals surface area (Å²) < 4.78 is 5.53. The molecule has 0 fully saturated rings. The van der Waals surface area contributed by atoms with Crippen LogP contribution < -0.4 is 4.74 Å². The first-order chi connectivity index (χ1) is 9.45. The highest BCUT2D eigenvalue weighted by Gasteiger charge is 2.08. The number of carboxylic acid groups (broad SMARTS) is 1. The number of ether oxygens (including phenoxy) is 1. The van der Waals surface area contributed by atoms with Gasteiger partial charge in [-0.1, -0.05) is 40.9 Å². The molecule has 0 spiro atoms. The molecular formula is C14H9Cl3O3. The van der Waals surface area contributed by atoms with E-state index in [1.807, 2.05) is 0 Å². The topological polar surface area (TPSA) is 46.5 Å². The summed E-state index contributed by atoms with van der Waals surface area (Å²) >= 11 is 17.7. The first-order valence-corrected chi connectivity index (χ1v) is 6.70. The van der Waals surface area contributed by atoms with E-state index in [0.717, 1.165) is 0 Å². The van der Waals surface area contributed by atoms with Gasteiger partial charge >= 0.3 is 5.97 Å². The van der Waals surface area contributed by atoms with Gasteiger partial charge in [-0.3, -0.25) is 0 Å². The van der Waals surface area contributed by atoms with Crippen LogP contribution in [0.1, 0.15) is 15.9 Å². The minimum Gasteiger partial charge on any atom is -0.489 e. The number of carboxylic acids is 1. The lowest BCUT2D eigenvalue weighted by molar-refractivity contribution is 0.0697. The normalized spacial score (nSPS) is 10.3. The predicted molar refractivity (Wildman–Crippen MR) is 79.2 cm³/mol. The molecule has 0 bridgehead atoms. The second-order valence-electron chi connectivity index (χ2n) is 4.01. The molecule has 0 unspecified atom stereocenters. The lowest BCUT2D eigenvalue weighted by Crippen LogP contribution is -2.00. The standard InChI is InChI=1S/C14H9Cl3O3/c15-10-4-11(16)6-12(5-10)20-7-9-2-1-8(14(18)19)3-13(9)17/h1-6H,7H2,(H,18,19). The highest BCUT2D eigenvalue weighted by Crippen LogP contribution is 2.26. The second-order valence-corrected chi connectivity index (χ2v) is 5.29. The third-order valence-corrected chi connectivity index (χ3v) is 3.32. The Morgan fingerprint density at radius 3 is 2.25 bits per heavy atom. The van der Waals surface area contributed by atoms with Crippen LogP contribution >= 0.6 is 34.8 Å². The number of carbonyl (C=O) groups is 1. The molecule has 0 amide bonds. The minimum absolute atomic E-state index is 0.129. The largest absolute Gasteiger partial charge is 0.489 e. The summed E-state index contributed by atoms with van der Waals surface area (Å²) in [5, 5.41) is 10.1. The van der Waals surface area contributed by atoms with Crippen molar-refractivity contribution in [3.8, 4) is 5.75 Å². The lowest BCUT2D eigenvalue weighted by Gasteiger charge is -2.09. The van der Waals surface area contributed by atoms with Gasteiger partial charge in [0.15, 0.2) is 0 Å². The lowest BCUT2D eigenvalue weighted by atomic mass is 10.1. The Morgan fingerprint density at radius 2 is 1.70 bits per heavy atom. The third-order valence-electron chi connectivity index (χ3n) is 2.53. The first-order valence-electron chi connectivity index (χ1n) is 5.56. The SMILES string of the molecule is O=C(O)c1ccc(COc2cc(Cl)cc(Cl)c2)c(Cl)c1. The maximum absolute atomic E-state index is 10.8. The Hall–Kier alpha value is -1.42. The number of rotatable bonds is 4. The maximum Gasteiger partial charge on any atom is 0.335 e. The molecule has 0 atom stereocenters. The van der Waals surface area contributed by atoms with Crippen LogP contribution in [0.2, 0.25) is 15.1 Å². The molecule has 1 N–H and O–H groups in total. The van der Waals surface area contributed by atoms with Gasteiger partial charge < -0.3 is 9.84 Å². The molecule has 104 valence electrons. The van der Waals surface area contributed by atoms with E-state index in [4.69, 9.17) is 44.6 Å². The van der Waals surface area contributed by atoms with E-state index in [9.17, 15) is 4.79 Å². The molecule has 0 aliphatic carbocycles. The molecule has 6 heteroatoms. The van der Waals surface area contributed by atoms with Gasteiger partial charge in [0.05, 0.1) is 5.56 Å². The second kappa shape index (κ2) is 6.35. The van der Waals surface area contributed by atoms with Gasteiger partial charge in [0.1, 0.15) is 12.4 Å². The quantitative estimate of drug-likeness (QED) is 0.864. The summed E-state index contributed by atoms with van der Waals surface area (Å²) in [6.45, 7) is 0.190. The van der Waals surface area contributed by atoms with Crippen molar-refractivity contribution in [1.29, 1.82) is 0 Å². The molecule has 0 saturated heterocycles. The van der Waals surface area contributed by atoms with E-state index < -0.39 is 5.97 Å². The summed E-state index contributed by atoms with van der Waals surface area (Å²) in [4.78, 5) is 10.8. The van der Waals surface area contributed by atoms with Crippen molar-refractivity contribution in [2.75, 3.05) is 0 Å². The van der Waals surface area contributed by atoms with Gasteiger partial charge in [0.25, 0.3) is 0 Å². The monoisotopic (exact) mass is 330 g/mol. The van der Waals surface area contributed by atoms with Crippen molar-refractivity contribution < 1.29 is 14.6 Å². The summed E-state index contributed by atoms with van der Waals surface area (Å²) in [6.07, 6.45) is 0. The molecule has 2 aromatic carbocycles. The van der Waals surface area contributed by atoms with Crippen LogP contribution in [0.25, 0.3) is 0 Å². The van der Waals surface area contributed by atoms with Gasteiger partial charge in [-0.05, 0) is 30.3 Å². The Bertz CT molecular complexity index is 636. The number of hydrogen-bond donors (Lipinski definition) is 1. The van der Waals surface area contributed by atoms with Crippen LogP contribution in [0.15, 0.2) is 36.4 Å². The van der Waals surface area contributed by atoms with E-state index >= 15 is 0 Å². The maximum atomic E-state index is 10.8. The Kier molecular flexibility index (Phi) is 4.76. The molecule has 0 radical (unpaired) electrons. The summed E-state index contributed by atoms with van der Waals surface area (Å²) in [5.41, 5.74) is 0.803. The highest BCUT2D eigenvalue weighted by atomic mass is 35.5. The van der Waals surface area contributed by atoms with Crippen molar-refractivity contribution >= 4 is 40.8 Å². The van der Waals surface area contributed by atoms with Crippen LogP contribution in [0.3, 0.4) is 0 Å². The van der Waals surface area contributed by atoms with Crippen molar-refractivity contribution in [2.24, 2.45) is 0 Å². The van der Waals surface area contributed by atoms with Gasteiger partial charge in [0.2, 0.25) is 0 Å². The third kappa shape index (κ3) is 3.79. The zero-order valence-corrected chi connectivity index (χ0v) is 12.3. The minimum atomic E-state index is -1.03. The zero-order valence-electron chi connectivity index (χ0n) is 10.1. The van der Waals surface area contributed by atoms with Crippen LogP contribution in [-0.2, 0) is 6.61 Å². The predicted octanol–water partition coefficient (Wildman–Crippen LogP) is 4.92. The number of aromatic carboxylic acids is 1. The zero-order chi connectivity index (χ0) is 14.7. The molecule has 2 aromatic rings. The van der Waals surface area contributed by atoms with Crippen LogP contribution in [0.5, 0.6) is 5.75 Å². The van der Waals surface area contributed by atoms with E-state index in [1.165, 1.54) is 12.1 Å². The van der Waals surface area contributed by atoms with Crippen molar-refractivity contribution in [1.82, 2.24) is 0 Å². The molecule has 20 heavy (non-hydrogen) atoms. The molecule has 2 rings (SSSR count). The highest BCUT2D eigenvalue weighted by molar-refractivity contribution is 6.34. The van der Waals surface area contributed by atoms with Crippen molar-refractivity contribution in [2.45, 2.75) is 6.61 Å². The number of halogens is 3. The van der Waals surface area contributed by atoms with Crippen molar-refractivity contribution in [3.63, 3.8) is 0 Å². The van der Waals surface area contributed by atoms with Gasteiger partial charge in [-0.15, -0.1) is 0 Å². The fourth-order valence-electron chi connectivity index (χ4n) is 1.57. The van der Waals surface area contributed by atoms with Gasteiger partial charge in [0, 0.05) is 20.6 Å². The Balaban J connectivity index is 2.12. The number of benzene rings is 2. The number of hydrogen-bond acceptors (Lipinski definition) is 2. The van der Waals surface area contributed by atoms with Crippen LogP contribution in [-0.4, -0.2) is 11.1 Å². The smallest absolute Gasteiger partial charge is 0.335 e.